The van der Waals surface area contributed by atoms with Crippen molar-refractivity contribution in [3.63, 3.8) is 0 Å². The molecule has 0 radical (unpaired) electrons. The number of thiophene rings is 1. The van der Waals surface area contributed by atoms with Crippen LogP contribution in [0.25, 0.3) is 10.1 Å². The number of methoxy groups -OCH3 is 1. The molecule has 2 aromatic carbocycles. The number of halogens is 1. The van der Waals surface area contributed by atoms with Gasteiger partial charge in [0, 0.05) is 11.1 Å². The minimum absolute atomic E-state index is 0.0323. The van der Waals surface area contributed by atoms with Crippen LogP contribution in [-0.2, 0) is 6.42 Å². The Morgan fingerprint density at radius 2 is 2.05 bits per heavy atom. The van der Waals surface area contributed by atoms with Gasteiger partial charge in [0.25, 0.3) is 0 Å². The van der Waals surface area contributed by atoms with Crippen molar-refractivity contribution in [1.82, 2.24) is 0 Å². The topological polar surface area (TPSA) is 26.3 Å². The normalized spacial score (nSPS) is 10.8. The number of rotatable bonds is 4. The Kier molecular flexibility index (Phi) is 3.71. The zero-order chi connectivity index (χ0) is 14.8. The summed E-state index contributed by atoms with van der Waals surface area (Å²) < 4.78 is 19.1. The first-order chi connectivity index (χ1) is 10.2. The summed E-state index contributed by atoms with van der Waals surface area (Å²) in [6.07, 6.45) is 0.312. The molecule has 106 valence electrons. The molecule has 0 aliphatic heterocycles. The number of benzene rings is 2. The molecule has 3 aromatic rings. The first-order valence-electron chi connectivity index (χ1n) is 6.51. The fourth-order valence-electron chi connectivity index (χ4n) is 2.20. The van der Waals surface area contributed by atoms with Gasteiger partial charge in [0.05, 0.1) is 12.0 Å². The number of ketones is 1. The highest BCUT2D eigenvalue weighted by Gasteiger charge is 2.12. The van der Waals surface area contributed by atoms with Crippen molar-refractivity contribution in [2.45, 2.75) is 6.42 Å². The van der Waals surface area contributed by atoms with Crippen molar-refractivity contribution in [1.29, 1.82) is 0 Å². The predicted octanol–water partition coefficient (Wildman–Crippen LogP) is 4.47. The quantitative estimate of drug-likeness (QED) is 0.664. The van der Waals surface area contributed by atoms with Crippen molar-refractivity contribution >= 4 is 27.2 Å². The van der Waals surface area contributed by atoms with E-state index in [9.17, 15) is 9.18 Å². The lowest BCUT2D eigenvalue weighted by atomic mass is 10.1. The molecule has 0 bridgehead atoms. The fraction of sp³-hybridized carbons (Fsp3) is 0.118. The van der Waals surface area contributed by atoms with Crippen LogP contribution in [0.3, 0.4) is 0 Å². The zero-order valence-corrected chi connectivity index (χ0v) is 12.2. The van der Waals surface area contributed by atoms with Crippen molar-refractivity contribution in [3.8, 4) is 5.75 Å². The maximum Gasteiger partial charge on any atom is 0.177 e. The van der Waals surface area contributed by atoms with Crippen LogP contribution in [0.4, 0.5) is 4.39 Å². The molecule has 21 heavy (non-hydrogen) atoms. The van der Waals surface area contributed by atoms with Crippen molar-refractivity contribution in [2.75, 3.05) is 7.11 Å². The third-order valence-corrected chi connectivity index (χ3v) is 4.39. The molecule has 2 nitrogen and oxygen atoms in total. The molecule has 0 N–H and O–H groups in total. The number of fused-ring (bicyclic) bond motifs is 1. The van der Waals surface area contributed by atoms with Gasteiger partial charge in [0.15, 0.2) is 5.78 Å². The summed E-state index contributed by atoms with van der Waals surface area (Å²) in [5, 5.41) is 0.899. The molecule has 1 heterocycles. The molecule has 3 rings (SSSR count). The van der Waals surface area contributed by atoms with Gasteiger partial charge in [-0.05, 0) is 41.3 Å². The lowest BCUT2D eigenvalue weighted by molar-refractivity contribution is 0.0997. The molecule has 0 aliphatic carbocycles. The number of carbonyl (C=O) groups excluding carboxylic acids is 1. The predicted molar refractivity (Wildman–Crippen MR) is 82.8 cm³/mol. The van der Waals surface area contributed by atoms with Crippen LogP contribution < -0.4 is 4.74 Å². The van der Waals surface area contributed by atoms with Crippen LogP contribution in [0.5, 0.6) is 5.75 Å². The van der Waals surface area contributed by atoms with E-state index in [2.05, 4.69) is 0 Å². The number of hydrogen-bond donors (Lipinski definition) is 0. The summed E-state index contributed by atoms with van der Waals surface area (Å²) in [4.78, 5) is 13.0. The third-order valence-electron chi connectivity index (χ3n) is 3.26. The van der Waals surface area contributed by atoms with Gasteiger partial charge in [0.2, 0.25) is 0 Å². The van der Waals surface area contributed by atoms with E-state index in [4.69, 9.17) is 4.74 Å². The number of hydrogen-bond acceptors (Lipinski definition) is 3. The van der Waals surface area contributed by atoms with E-state index in [1.807, 2.05) is 30.3 Å². The minimum atomic E-state index is -0.281. The summed E-state index contributed by atoms with van der Waals surface area (Å²) in [6, 6.07) is 13.8. The highest BCUT2D eigenvalue weighted by Crippen LogP contribution is 2.27. The van der Waals surface area contributed by atoms with Gasteiger partial charge in [-0.25, -0.2) is 4.39 Å². The molecule has 0 amide bonds. The van der Waals surface area contributed by atoms with Gasteiger partial charge in [-0.2, -0.15) is 0 Å². The molecule has 0 aliphatic rings. The standard InChI is InChI=1S/C17H13FO2S/c1-20-14-4-2-3-11(7-14)8-15(19)17-9-12-5-6-13(18)10-16(12)21-17/h2-7,9-10H,8H2,1H3. The second-order valence-corrected chi connectivity index (χ2v) is 5.83. The first kappa shape index (κ1) is 13.8. The molecule has 0 saturated carbocycles. The molecule has 0 fully saturated rings. The van der Waals surface area contributed by atoms with Crippen molar-refractivity contribution < 1.29 is 13.9 Å². The first-order valence-corrected chi connectivity index (χ1v) is 7.32. The molecular weight excluding hydrogens is 287 g/mol. The second-order valence-electron chi connectivity index (χ2n) is 4.74. The van der Waals surface area contributed by atoms with Crippen molar-refractivity contribution in [3.05, 3.63) is 64.8 Å². The summed E-state index contributed by atoms with van der Waals surface area (Å²) in [7, 11) is 1.60. The van der Waals surface area contributed by atoms with E-state index in [-0.39, 0.29) is 11.6 Å². The number of carbonyl (C=O) groups is 1. The van der Waals surface area contributed by atoms with Crippen LogP contribution >= 0.6 is 11.3 Å². The summed E-state index contributed by atoms with van der Waals surface area (Å²) in [5.41, 5.74) is 0.906. The van der Waals surface area contributed by atoms with Gasteiger partial charge in [-0.3, -0.25) is 4.79 Å². The zero-order valence-electron chi connectivity index (χ0n) is 11.4. The Balaban J connectivity index is 1.86. The van der Waals surface area contributed by atoms with Gasteiger partial charge in [-0.1, -0.05) is 18.2 Å². The Bertz CT molecular complexity index is 807. The maximum atomic E-state index is 13.2. The van der Waals surface area contributed by atoms with Gasteiger partial charge < -0.3 is 4.74 Å². The molecule has 0 spiro atoms. The summed E-state index contributed by atoms with van der Waals surface area (Å²) in [5.74, 6) is 0.486. The van der Waals surface area contributed by atoms with Crippen LogP contribution in [0, 0.1) is 5.82 Å². The Morgan fingerprint density at radius 3 is 2.86 bits per heavy atom. The molecule has 4 heteroatoms. The lowest BCUT2D eigenvalue weighted by Gasteiger charge is -2.03. The van der Waals surface area contributed by atoms with Crippen molar-refractivity contribution in [2.24, 2.45) is 0 Å². The van der Waals surface area contributed by atoms with Crippen LogP contribution in [0.2, 0.25) is 0 Å². The Morgan fingerprint density at radius 1 is 1.19 bits per heavy atom. The third kappa shape index (κ3) is 2.95. The summed E-state index contributed by atoms with van der Waals surface area (Å²) in [6.45, 7) is 0. The average molecular weight is 300 g/mol. The van der Waals surface area contributed by atoms with E-state index in [0.29, 0.717) is 11.3 Å². The highest BCUT2D eigenvalue weighted by atomic mass is 32.1. The largest absolute Gasteiger partial charge is 0.497 e. The Hall–Kier alpha value is -2.20. The minimum Gasteiger partial charge on any atom is -0.497 e. The molecule has 0 atom stereocenters. The van der Waals surface area contributed by atoms with Gasteiger partial charge >= 0.3 is 0 Å². The summed E-state index contributed by atoms with van der Waals surface area (Å²) >= 11 is 1.33. The van der Waals surface area contributed by atoms with Crippen LogP contribution in [-0.4, -0.2) is 12.9 Å². The molecule has 0 saturated heterocycles. The number of Topliss-reactive ketones (excluding diaryl/α,β-unsaturated/α-hetero) is 1. The molecule has 0 unspecified atom stereocenters. The molecular formula is C17H13FO2S. The lowest BCUT2D eigenvalue weighted by Crippen LogP contribution is -2.01. The van der Waals surface area contributed by atoms with Crippen LogP contribution in [0.15, 0.2) is 48.5 Å². The van der Waals surface area contributed by atoms with E-state index in [0.717, 1.165) is 21.4 Å². The Labute approximate surface area is 125 Å². The van der Waals surface area contributed by atoms with Crippen LogP contribution in [0.1, 0.15) is 15.2 Å². The van der Waals surface area contributed by atoms with E-state index >= 15 is 0 Å². The fourth-order valence-corrected chi connectivity index (χ4v) is 3.22. The second kappa shape index (κ2) is 5.66. The smallest absolute Gasteiger partial charge is 0.177 e. The van der Waals surface area contributed by atoms with Gasteiger partial charge in [0.1, 0.15) is 11.6 Å². The van der Waals surface area contributed by atoms with E-state index in [1.54, 1.807) is 13.2 Å². The van der Waals surface area contributed by atoms with E-state index in [1.165, 1.54) is 23.5 Å². The maximum absolute atomic E-state index is 13.2. The van der Waals surface area contributed by atoms with Gasteiger partial charge in [-0.15, -0.1) is 11.3 Å². The number of ether oxygens (including phenoxy) is 1. The molecule has 1 aromatic heterocycles. The monoisotopic (exact) mass is 300 g/mol. The average Bonchev–Trinajstić information content (AvgIpc) is 2.90. The van der Waals surface area contributed by atoms with E-state index < -0.39 is 0 Å². The highest BCUT2D eigenvalue weighted by molar-refractivity contribution is 7.20. The SMILES string of the molecule is COc1cccc(CC(=O)c2cc3ccc(F)cc3s2)c1.